The van der Waals surface area contributed by atoms with Crippen molar-refractivity contribution >= 4 is 27.0 Å². The maximum absolute atomic E-state index is 13.8. The van der Waals surface area contributed by atoms with E-state index >= 15 is 0 Å². The van der Waals surface area contributed by atoms with Crippen LogP contribution in [0, 0.1) is 0 Å². The molecule has 1 fully saturated rings. The summed E-state index contributed by atoms with van der Waals surface area (Å²) in [7, 11) is -7.17. The molecular weight excluding hydrogens is 602 g/mol. The topological polar surface area (TPSA) is 102 Å². The lowest BCUT2D eigenvalue weighted by molar-refractivity contribution is -0.233. The van der Waals surface area contributed by atoms with E-state index in [-0.39, 0.29) is 5.56 Å². The van der Waals surface area contributed by atoms with Gasteiger partial charge in [-0.3, -0.25) is 0 Å². The number of hydrogen-bond acceptors (Lipinski definition) is 7. The van der Waals surface area contributed by atoms with Gasteiger partial charge >= 0.3 is 23.1 Å². The van der Waals surface area contributed by atoms with Crippen LogP contribution in [0.2, 0.25) is 0 Å². The monoisotopic (exact) mass is 622 g/mol. The third-order valence-electron chi connectivity index (χ3n) is 6.01. The Bertz CT molecular complexity index is 1480. The van der Waals surface area contributed by atoms with E-state index < -0.39 is 68.8 Å². The van der Waals surface area contributed by atoms with Crippen molar-refractivity contribution in [2.45, 2.75) is 44.5 Å². The lowest BCUT2D eigenvalue weighted by Gasteiger charge is -2.28. The highest BCUT2D eigenvalue weighted by Crippen LogP contribution is 2.43. The second kappa shape index (κ2) is 10.9. The van der Waals surface area contributed by atoms with Gasteiger partial charge in [0.2, 0.25) is 0 Å². The molecule has 15 heteroatoms. The van der Waals surface area contributed by atoms with E-state index in [0.717, 1.165) is 17.0 Å². The van der Waals surface area contributed by atoms with Crippen LogP contribution in [-0.2, 0) is 41.1 Å². The zero-order valence-corrected chi connectivity index (χ0v) is 22.5. The summed E-state index contributed by atoms with van der Waals surface area (Å²) < 4.78 is 129. The molecule has 0 spiro atoms. The van der Waals surface area contributed by atoms with Crippen LogP contribution in [-0.4, -0.2) is 49.3 Å². The minimum absolute atomic E-state index is 0.197. The molecule has 1 heterocycles. The largest absolute Gasteiger partial charge is 0.743 e. The summed E-state index contributed by atoms with van der Waals surface area (Å²) >= 11 is 0. The smallest absolute Gasteiger partial charge is 0.429 e. The number of benzene rings is 3. The Labute approximate surface area is 233 Å². The van der Waals surface area contributed by atoms with E-state index in [4.69, 9.17) is 9.47 Å². The summed E-state index contributed by atoms with van der Waals surface area (Å²) in [6, 6.07) is 20.2. The van der Waals surface area contributed by atoms with Crippen molar-refractivity contribution in [1.82, 2.24) is 0 Å². The Morgan fingerprint density at radius 1 is 0.829 bits per heavy atom. The minimum atomic E-state index is -6.29. The predicted octanol–water partition coefficient (Wildman–Crippen LogP) is 5.32. The lowest BCUT2D eigenvalue weighted by Crippen LogP contribution is -2.45. The van der Waals surface area contributed by atoms with Crippen LogP contribution in [0.1, 0.15) is 12.5 Å². The van der Waals surface area contributed by atoms with Crippen LogP contribution < -0.4 is 4.74 Å². The Morgan fingerprint density at radius 3 is 1.73 bits per heavy atom. The zero-order valence-electron chi connectivity index (χ0n) is 20.9. The summed E-state index contributed by atoms with van der Waals surface area (Å²) in [6.45, 7) is -1.87. The van der Waals surface area contributed by atoms with Gasteiger partial charge < -0.3 is 18.8 Å². The molecule has 41 heavy (non-hydrogen) atoms. The van der Waals surface area contributed by atoms with Crippen molar-refractivity contribution < 1.29 is 58.3 Å². The van der Waals surface area contributed by atoms with Crippen molar-refractivity contribution in [2.75, 3.05) is 13.2 Å². The molecule has 0 bridgehead atoms. The van der Waals surface area contributed by atoms with Crippen LogP contribution >= 0.6 is 0 Å². The first-order valence-electron chi connectivity index (χ1n) is 11.6. The molecular formula is C26H20F6O7S2. The van der Waals surface area contributed by atoms with E-state index in [1.54, 1.807) is 42.5 Å². The number of carbonyl (C=O) groups is 1. The summed E-state index contributed by atoms with van der Waals surface area (Å²) in [5.41, 5.74) is 0.197. The molecule has 0 aliphatic carbocycles. The Morgan fingerprint density at radius 2 is 1.27 bits per heavy atom. The average molecular weight is 623 g/mol. The normalized spacial score (nSPS) is 19.1. The van der Waals surface area contributed by atoms with Gasteiger partial charge in [0.1, 0.15) is 19.0 Å². The highest BCUT2D eigenvalue weighted by atomic mass is 32.2. The van der Waals surface area contributed by atoms with E-state index in [2.05, 4.69) is 4.74 Å². The number of hydrogen-bond donors (Lipinski definition) is 0. The van der Waals surface area contributed by atoms with Crippen LogP contribution in [0.3, 0.4) is 0 Å². The molecule has 1 aliphatic rings. The molecule has 7 nitrogen and oxygen atoms in total. The molecule has 0 saturated carbocycles. The molecule has 0 radical (unpaired) electrons. The van der Waals surface area contributed by atoms with E-state index in [1.807, 2.05) is 0 Å². The number of carbonyl (C=O) groups excluding carboxylic acids is 1. The van der Waals surface area contributed by atoms with E-state index in [9.17, 15) is 44.1 Å². The maximum atomic E-state index is 13.8. The second-order valence-corrected chi connectivity index (χ2v) is 12.4. The third kappa shape index (κ3) is 6.23. The zero-order chi connectivity index (χ0) is 30.3. The highest BCUT2D eigenvalue weighted by Gasteiger charge is 2.60. The number of esters is 1. The van der Waals surface area contributed by atoms with E-state index in [1.165, 1.54) is 31.2 Å². The first kappa shape index (κ1) is 30.8. The summed E-state index contributed by atoms with van der Waals surface area (Å²) in [4.78, 5) is 13.6. The van der Waals surface area contributed by atoms with Gasteiger partial charge in [0.05, 0.1) is 10.9 Å². The van der Waals surface area contributed by atoms with Gasteiger partial charge in [0, 0.05) is 5.56 Å². The fourth-order valence-corrected chi connectivity index (χ4v) is 5.96. The Kier molecular flexibility index (Phi) is 8.23. The van der Waals surface area contributed by atoms with Crippen molar-refractivity contribution in [3.8, 4) is 5.75 Å². The fraction of sp³-hybridized carbons (Fsp3) is 0.269. The van der Waals surface area contributed by atoms with Crippen molar-refractivity contribution in [3.63, 3.8) is 0 Å². The van der Waals surface area contributed by atoms with Crippen molar-refractivity contribution in [3.05, 3.63) is 84.4 Å². The quantitative estimate of drug-likeness (QED) is 0.116. The fourth-order valence-electron chi connectivity index (χ4n) is 3.65. The summed E-state index contributed by atoms with van der Waals surface area (Å²) in [5.74, 6) is -13.7. The number of halogens is 6. The maximum Gasteiger partial charge on any atom is 0.429 e. The molecule has 0 amide bonds. The summed E-state index contributed by atoms with van der Waals surface area (Å²) in [6.07, 6.45) is 0. The first-order chi connectivity index (χ1) is 19.0. The molecule has 3 aromatic rings. The molecule has 0 aromatic heterocycles. The molecule has 4 rings (SSSR count). The van der Waals surface area contributed by atoms with Crippen LogP contribution in [0.15, 0.2) is 93.5 Å². The van der Waals surface area contributed by atoms with Gasteiger partial charge in [0.15, 0.2) is 30.6 Å². The molecule has 220 valence electrons. The number of rotatable bonds is 7. The van der Waals surface area contributed by atoms with Crippen LogP contribution in [0.5, 0.6) is 5.75 Å². The molecule has 1 atom stereocenters. The SMILES string of the molecule is CC1(c2ccc([S+](c3ccccc3)c3ccc(OC(=O)C(F)(F)S(=O)(=O)[O-])cc3)cc2)OCC(F)(F)C(F)(F)CO1. The summed E-state index contributed by atoms with van der Waals surface area (Å²) in [5, 5.41) is -5.28. The van der Waals surface area contributed by atoms with Crippen LogP contribution in [0.25, 0.3) is 0 Å². The van der Waals surface area contributed by atoms with E-state index in [0.29, 0.717) is 9.79 Å². The van der Waals surface area contributed by atoms with Crippen molar-refractivity contribution in [1.29, 1.82) is 0 Å². The standard InChI is InChI=1S/C26H20F6O7S2/c1-23(37-15-24(27,28)25(29,30)16-38-23)17-7-11-20(12-8-17)40(19-5-3-2-4-6-19)21-13-9-18(10-14-21)39-22(33)26(31,32)41(34,35)36/h2-14H,15-16H2,1H3. The Hall–Kier alpha value is -3.11. The Balaban J connectivity index is 1.62. The van der Waals surface area contributed by atoms with Gasteiger partial charge in [-0.05, 0) is 67.6 Å². The highest BCUT2D eigenvalue weighted by molar-refractivity contribution is 7.97. The van der Waals surface area contributed by atoms with Gasteiger partial charge in [-0.15, -0.1) is 0 Å². The van der Waals surface area contributed by atoms with Crippen LogP contribution in [0.4, 0.5) is 26.3 Å². The molecule has 1 saturated heterocycles. The lowest BCUT2D eigenvalue weighted by atomic mass is 10.1. The van der Waals surface area contributed by atoms with Gasteiger partial charge in [0.25, 0.3) is 0 Å². The second-order valence-electron chi connectivity index (χ2n) is 8.91. The minimum Gasteiger partial charge on any atom is -0.743 e. The average Bonchev–Trinajstić information content (AvgIpc) is 3.00. The predicted molar refractivity (Wildman–Crippen MR) is 131 cm³/mol. The molecule has 0 N–H and O–H groups in total. The van der Waals surface area contributed by atoms with Gasteiger partial charge in [-0.25, -0.2) is 13.2 Å². The number of alkyl halides is 6. The van der Waals surface area contributed by atoms with Gasteiger partial charge in [-0.1, -0.05) is 18.2 Å². The first-order valence-corrected chi connectivity index (χ1v) is 14.2. The van der Waals surface area contributed by atoms with Crippen molar-refractivity contribution in [2.24, 2.45) is 0 Å². The number of ether oxygens (including phenoxy) is 3. The molecule has 3 aromatic carbocycles. The van der Waals surface area contributed by atoms with Gasteiger partial charge in [-0.2, -0.15) is 26.3 Å². The third-order valence-corrected chi connectivity index (χ3v) is 9.03. The molecule has 1 aliphatic heterocycles. The molecule has 1 unspecified atom stereocenters.